The van der Waals surface area contributed by atoms with Crippen molar-refractivity contribution >= 4 is 5.97 Å². The summed E-state index contributed by atoms with van der Waals surface area (Å²) in [5.41, 5.74) is 0.430. The van der Waals surface area contributed by atoms with E-state index >= 15 is 0 Å². The third kappa shape index (κ3) is 1.92. The molecule has 2 nitrogen and oxygen atoms in total. The fourth-order valence-corrected chi connectivity index (χ4v) is 1.19. The molecule has 0 fully saturated rings. The van der Waals surface area contributed by atoms with Crippen molar-refractivity contribution in [2.75, 3.05) is 7.11 Å². The van der Waals surface area contributed by atoms with Crippen LogP contribution in [-0.2, 0) is 4.74 Å². The Balaban J connectivity index is 3.20. The number of rotatable bonds is 2. The van der Waals surface area contributed by atoms with E-state index in [9.17, 15) is 9.18 Å². The minimum absolute atomic E-state index is 0.0220. The molecule has 0 aliphatic heterocycles. The van der Waals surface area contributed by atoms with E-state index < -0.39 is 11.8 Å². The Hall–Kier alpha value is -1.38. The van der Waals surface area contributed by atoms with Crippen LogP contribution in [0.1, 0.15) is 29.8 Å². The molecule has 1 radical (unpaired) electrons. The highest BCUT2D eigenvalue weighted by Gasteiger charge is 2.16. The van der Waals surface area contributed by atoms with Crippen LogP contribution < -0.4 is 0 Å². The summed E-state index contributed by atoms with van der Waals surface area (Å²) in [6.45, 7) is 3.58. The third-order valence-corrected chi connectivity index (χ3v) is 1.94. The van der Waals surface area contributed by atoms with Crippen molar-refractivity contribution in [3.63, 3.8) is 0 Å². The number of hydrogen-bond acceptors (Lipinski definition) is 2. The van der Waals surface area contributed by atoms with Crippen LogP contribution in [0, 0.1) is 11.7 Å². The second kappa shape index (κ2) is 4.22. The fourth-order valence-electron chi connectivity index (χ4n) is 1.19. The summed E-state index contributed by atoms with van der Waals surface area (Å²) in [7, 11) is 1.23. The van der Waals surface area contributed by atoms with Crippen LogP contribution in [0.5, 0.6) is 0 Å². The van der Waals surface area contributed by atoms with Gasteiger partial charge in [0.1, 0.15) is 5.82 Å². The molecule has 0 aromatic heterocycles. The van der Waals surface area contributed by atoms with Gasteiger partial charge in [0.2, 0.25) is 0 Å². The van der Waals surface area contributed by atoms with E-state index in [-0.39, 0.29) is 5.56 Å². The number of methoxy groups -OCH3 is 1. The lowest BCUT2D eigenvalue weighted by atomic mass is 10.00. The van der Waals surface area contributed by atoms with Crippen molar-refractivity contribution < 1.29 is 13.9 Å². The maximum absolute atomic E-state index is 13.6. The zero-order valence-corrected chi connectivity index (χ0v) is 8.43. The molecule has 1 aromatic carbocycles. The van der Waals surface area contributed by atoms with Gasteiger partial charge in [0.15, 0.2) is 0 Å². The molecule has 0 aliphatic rings. The predicted octanol–water partition coefficient (Wildman–Crippen LogP) is 2.57. The van der Waals surface area contributed by atoms with Crippen molar-refractivity contribution in [3.05, 3.63) is 41.1 Å². The van der Waals surface area contributed by atoms with E-state index in [1.165, 1.54) is 13.2 Å². The number of hydrogen-bond donors (Lipinski definition) is 0. The summed E-state index contributed by atoms with van der Waals surface area (Å²) in [5, 5.41) is 0. The van der Waals surface area contributed by atoms with Gasteiger partial charge >= 0.3 is 5.97 Å². The van der Waals surface area contributed by atoms with E-state index in [2.05, 4.69) is 4.74 Å². The monoisotopic (exact) mass is 195 g/mol. The summed E-state index contributed by atoms with van der Waals surface area (Å²) in [6, 6.07) is 4.68. The van der Waals surface area contributed by atoms with Gasteiger partial charge in [-0.05, 0) is 11.6 Å². The Labute approximate surface area is 82.7 Å². The second-order valence-electron chi connectivity index (χ2n) is 3.16. The lowest BCUT2D eigenvalue weighted by Gasteiger charge is -2.08. The van der Waals surface area contributed by atoms with Gasteiger partial charge in [0.25, 0.3) is 0 Å². The van der Waals surface area contributed by atoms with E-state index in [1.54, 1.807) is 26.0 Å². The van der Waals surface area contributed by atoms with Gasteiger partial charge in [0, 0.05) is 5.92 Å². The van der Waals surface area contributed by atoms with E-state index in [4.69, 9.17) is 0 Å². The van der Waals surface area contributed by atoms with Crippen molar-refractivity contribution in [1.29, 1.82) is 0 Å². The molecule has 0 atom stereocenters. The van der Waals surface area contributed by atoms with Crippen LogP contribution in [0.4, 0.5) is 4.39 Å². The highest BCUT2D eigenvalue weighted by molar-refractivity contribution is 5.90. The number of benzene rings is 1. The van der Waals surface area contributed by atoms with Gasteiger partial charge in [-0.15, -0.1) is 0 Å². The largest absolute Gasteiger partial charge is 0.465 e. The predicted molar refractivity (Wildman–Crippen MR) is 51.4 cm³/mol. The average Bonchev–Trinajstić information content (AvgIpc) is 2.16. The van der Waals surface area contributed by atoms with Gasteiger partial charge in [-0.1, -0.05) is 26.0 Å². The lowest BCUT2D eigenvalue weighted by molar-refractivity contribution is 0.0595. The topological polar surface area (TPSA) is 26.3 Å². The van der Waals surface area contributed by atoms with Crippen LogP contribution in [0.15, 0.2) is 18.2 Å². The number of carbonyl (C=O) groups excluding carboxylic acids is 1. The number of esters is 1. The Morgan fingerprint density at radius 1 is 1.29 bits per heavy atom. The first-order valence-corrected chi connectivity index (χ1v) is 4.25. The van der Waals surface area contributed by atoms with Crippen molar-refractivity contribution in [2.45, 2.75) is 13.8 Å². The standard InChI is InChI=1S/C11H12FO2/c1-7(2)8-5-4-6-9(10(8)12)11(13)14-3/h4-6H,1-3H3. The maximum Gasteiger partial charge on any atom is 0.340 e. The first-order chi connectivity index (χ1) is 6.57. The highest BCUT2D eigenvalue weighted by atomic mass is 19.1. The van der Waals surface area contributed by atoms with Crippen molar-refractivity contribution in [3.8, 4) is 0 Å². The average molecular weight is 195 g/mol. The normalized spacial score (nSPS) is 10.4. The van der Waals surface area contributed by atoms with Crippen LogP contribution in [-0.4, -0.2) is 13.1 Å². The van der Waals surface area contributed by atoms with Crippen molar-refractivity contribution in [1.82, 2.24) is 0 Å². The van der Waals surface area contributed by atoms with E-state index in [0.29, 0.717) is 5.56 Å². The quantitative estimate of drug-likeness (QED) is 0.678. The SMILES string of the molecule is COC(=O)c1cccc([C](C)C)c1F. The third-order valence-electron chi connectivity index (χ3n) is 1.94. The van der Waals surface area contributed by atoms with Gasteiger partial charge in [0.05, 0.1) is 12.7 Å². The molecule has 0 saturated heterocycles. The minimum Gasteiger partial charge on any atom is -0.465 e. The first-order valence-electron chi connectivity index (χ1n) is 4.25. The van der Waals surface area contributed by atoms with Crippen LogP contribution in [0.25, 0.3) is 0 Å². The molecule has 0 N–H and O–H groups in total. The summed E-state index contributed by atoms with van der Waals surface area (Å²) < 4.78 is 18.1. The number of carbonyl (C=O) groups is 1. The van der Waals surface area contributed by atoms with Gasteiger partial charge < -0.3 is 4.74 Å². The molecule has 0 aliphatic carbocycles. The molecule has 0 heterocycles. The summed E-state index contributed by atoms with van der Waals surface area (Å²) in [5.74, 6) is -0.335. The fraction of sp³-hybridized carbons (Fsp3) is 0.273. The molecular formula is C11H12FO2. The molecule has 0 unspecified atom stereocenters. The molecule has 75 valence electrons. The number of halogens is 1. The minimum atomic E-state index is -0.648. The Morgan fingerprint density at radius 2 is 1.86 bits per heavy atom. The summed E-state index contributed by atoms with van der Waals surface area (Å²) >= 11 is 0. The van der Waals surface area contributed by atoms with E-state index in [0.717, 1.165) is 5.92 Å². The smallest absolute Gasteiger partial charge is 0.340 e. The molecule has 1 aromatic rings. The Morgan fingerprint density at radius 3 is 2.36 bits per heavy atom. The lowest BCUT2D eigenvalue weighted by Crippen LogP contribution is -2.07. The molecule has 1 rings (SSSR count). The highest BCUT2D eigenvalue weighted by Crippen LogP contribution is 2.20. The molecule has 3 heteroatoms. The molecular weight excluding hydrogens is 183 g/mol. The second-order valence-corrected chi connectivity index (χ2v) is 3.16. The maximum atomic E-state index is 13.6. The molecule has 0 spiro atoms. The summed E-state index contributed by atoms with van der Waals surface area (Å²) in [4.78, 5) is 11.1. The van der Waals surface area contributed by atoms with Gasteiger partial charge in [-0.25, -0.2) is 9.18 Å². The molecule has 0 amide bonds. The molecule has 0 saturated carbocycles. The first kappa shape index (κ1) is 10.7. The molecule has 0 bridgehead atoms. The van der Waals surface area contributed by atoms with Crippen molar-refractivity contribution in [2.24, 2.45) is 0 Å². The summed E-state index contributed by atoms with van der Waals surface area (Å²) in [6.07, 6.45) is 0. The van der Waals surface area contributed by atoms with Crippen LogP contribution in [0.2, 0.25) is 0 Å². The van der Waals surface area contributed by atoms with Gasteiger partial charge in [-0.3, -0.25) is 0 Å². The van der Waals surface area contributed by atoms with Crippen LogP contribution in [0.3, 0.4) is 0 Å². The Kier molecular flexibility index (Phi) is 3.23. The van der Waals surface area contributed by atoms with Gasteiger partial charge in [-0.2, -0.15) is 0 Å². The number of ether oxygens (including phenoxy) is 1. The van der Waals surface area contributed by atoms with Crippen LogP contribution >= 0.6 is 0 Å². The zero-order valence-electron chi connectivity index (χ0n) is 8.43. The Bertz CT molecular complexity index is 345. The molecule has 14 heavy (non-hydrogen) atoms. The zero-order chi connectivity index (χ0) is 10.7. The van der Waals surface area contributed by atoms with E-state index in [1.807, 2.05) is 0 Å².